The van der Waals surface area contributed by atoms with E-state index >= 15 is 0 Å². The average Bonchev–Trinajstić information content (AvgIpc) is 2.47. The zero-order valence-electron chi connectivity index (χ0n) is 11.6. The van der Waals surface area contributed by atoms with Crippen molar-refractivity contribution < 1.29 is 9.47 Å². The van der Waals surface area contributed by atoms with Crippen molar-refractivity contribution in [1.29, 1.82) is 0 Å². The number of methoxy groups -OCH3 is 1. The SMILES string of the molecule is CCCOc1nc(Cl)nc(Nc2cc(OC)ccc2Br)n1. The first-order chi connectivity index (χ1) is 10.1. The molecule has 0 aliphatic carbocycles. The van der Waals surface area contributed by atoms with Gasteiger partial charge in [-0.2, -0.15) is 15.0 Å². The Kier molecular flexibility index (Phi) is 5.58. The second-order valence-corrected chi connectivity index (χ2v) is 5.22. The fourth-order valence-electron chi connectivity index (χ4n) is 1.49. The molecule has 6 nitrogen and oxygen atoms in total. The van der Waals surface area contributed by atoms with Crippen molar-refractivity contribution in [3.8, 4) is 11.8 Å². The molecule has 8 heteroatoms. The minimum absolute atomic E-state index is 0.0672. The summed E-state index contributed by atoms with van der Waals surface area (Å²) in [6, 6.07) is 5.71. The topological polar surface area (TPSA) is 69.2 Å². The Hall–Kier alpha value is -1.60. The lowest BCUT2D eigenvalue weighted by Crippen LogP contribution is -2.05. The van der Waals surface area contributed by atoms with Gasteiger partial charge in [-0.25, -0.2) is 0 Å². The molecule has 0 fully saturated rings. The molecule has 0 aliphatic rings. The monoisotopic (exact) mass is 372 g/mol. The van der Waals surface area contributed by atoms with Crippen LogP contribution in [0.5, 0.6) is 11.8 Å². The van der Waals surface area contributed by atoms with Crippen molar-refractivity contribution in [2.45, 2.75) is 13.3 Å². The Morgan fingerprint density at radius 3 is 2.81 bits per heavy atom. The number of anilines is 2. The normalized spacial score (nSPS) is 10.3. The lowest BCUT2D eigenvalue weighted by Gasteiger charge is -2.10. The van der Waals surface area contributed by atoms with Crippen LogP contribution in [0, 0.1) is 0 Å². The summed E-state index contributed by atoms with van der Waals surface area (Å²) in [5, 5.41) is 3.12. The maximum atomic E-state index is 5.87. The van der Waals surface area contributed by atoms with Crippen LogP contribution in [0.1, 0.15) is 13.3 Å². The molecule has 1 heterocycles. The summed E-state index contributed by atoms with van der Waals surface area (Å²) in [5.41, 5.74) is 0.748. The van der Waals surface area contributed by atoms with Gasteiger partial charge in [0, 0.05) is 10.5 Å². The molecule has 0 bridgehead atoms. The molecule has 2 rings (SSSR count). The number of halogens is 2. The Morgan fingerprint density at radius 1 is 1.29 bits per heavy atom. The van der Waals surface area contributed by atoms with Crippen molar-refractivity contribution in [3.63, 3.8) is 0 Å². The molecule has 0 radical (unpaired) electrons. The summed E-state index contributed by atoms with van der Waals surface area (Å²) < 4.78 is 11.4. The third kappa shape index (κ3) is 4.44. The van der Waals surface area contributed by atoms with Gasteiger partial charge in [0.2, 0.25) is 11.2 Å². The fourth-order valence-corrected chi connectivity index (χ4v) is 1.99. The van der Waals surface area contributed by atoms with E-state index in [0.717, 1.165) is 16.6 Å². The van der Waals surface area contributed by atoms with E-state index in [-0.39, 0.29) is 11.3 Å². The molecule has 0 atom stereocenters. The van der Waals surface area contributed by atoms with Gasteiger partial charge < -0.3 is 14.8 Å². The standard InChI is InChI=1S/C13H14BrClN4O2/c1-3-6-21-13-18-11(15)17-12(19-13)16-10-7-8(20-2)4-5-9(10)14/h4-5,7H,3,6H2,1-2H3,(H,16,17,18,19). The number of rotatable bonds is 6. The molecular formula is C13H14BrClN4O2. The fraction of sp³-hybridized carbons (Fsp3) is 0.308. The number of hydrogen-bond acceptors (Lipinski definition) is 6. The van der Waals surface area contributed by atoms with E-state index in [4.69, 9.17) is 21.1 Å². The number of nitrogens with zero attached hydrogens (tertiary/aromatic N) is 3. The maximum Gasteiger partial charge on any atom is 0.322 e. The molecule has 1 aromatic heterocycles. The zero-order chi connectivity index (χ0) is 15.2. The highest BCUT2D eigenvalue weighted by molar-refractivity contribution is 9.10. The second kappa shape index (κ2) is 7.42. The molecule has 0 aliphatic heterocycles. The summed E-state index contributed by atoms with van der Waals surface area (Å²) >= 11 is 9.32. The molecule has 21 heavy (non-hydrogen) atoms. The largest absolute Gasteiger partial charge is 0.497 e. The molecule has 0 amide bonds. The van der Waals surface area contributed by atoms with E-state index in [0.29, 0.717) is 18.3 Å². The van der Waals surface area contributed by atoms with E-state index in [1.807, 2.05) is 25.1 Å². The van der Waals surface area contributed by atoms with Gasteiger partial charge in [0.1, 0.15) is 5.75 Å². The minimum atomic E-state index is 0.0672. The van der Waals surface area contributed by atoms with Crippen LogP contribution in [0.2, 0.25) is 5.28 Å². The zero-order valence-corrected chi connectivity index (χ0v) is 13.9. The van der Waals surface area contributed by atoms with Crippen molar-refractivity contribution in [1.82, 2.24) is 15.0 Å². The predicted molar refractivity (Wildman–Crippen MR) is 84.6 cm³/mol. The highest BCUT2D eigenvalue weighted by Crippen LogP contribution is 2.29. The number of hydrogen-bond donors (Lipinski definition) is 1. The van der Waals surface area contributed by atoms with Crippen LogP contribution in [0.25, 0.3) is 0 Å². The van der Waals surface area contributed by atoms with Gasteiger partial charge in [-0.15, -0.1) is 0 Å². The van der Waals surface area contributed by atoms with Gasteiger partial charge in [0.15, 0.2) is 0 Å². The Labute approximate surface area is 136 Å². The first kappa shape index (κ1) is 15.8. The highest BCUT2D eigenvalue weighted by atomic mass is 79.9. The summed E-state index contributed by atoms with van der Waals surface area (Å²) in [7, 11) is 1.60. The Balaban J connectivity index is 2.24. The Bertz CT molecular complexity index is 627. The van der Waals surface area contributed by atoms with Gasteiger partial charge in [-0.1, -0.05) is 6.92 Å². The number of aromatic nitrogens is 3. The van der Waals surface area contributed by atoms with Crippen LogP contribution in [0.15, 0.2) is 22.7 Å². The van der Waals surface area contributed by atoms with Crippen LogP contribution in [0.3, 0.4) is 0 Å². The first-order valence-electron chi connectivity index (χ1n) is 6.27. The lowest BCUT2D eigenvalue weighted by molar-refractivity contribution is 0.292. The predicted octanol–water partition coefficient (Wildman–Crippen LogP) is 3.83. The van der Waals surface area contributed by atoms with E-state index in [1.165, 1.54) is 0 Å². The molecule has 1 aromatic carbocycles. The van der Waals surface area contributed by atoms with Crippen LogP contribution < -0.4 is 14.8 Å². The molecule has 0 unspecified atom stereocenters. The minimum Gasteiger partial charge on any atom is -0.497 e. The van der Waals surface area contributed by atoms with Crippen molar-refractivity contribution in [2.24, 2.45) is 0 Å². The van der Waals surface area contributed by atoms with Crippen molar-refractivity contribution in [3.05, 3.63) is 28.0 Å². The third-order valence-corrected chi connectivity index (χ3v) is 3.30. The third-order valence-electron chi connectivity index (χ3n) is 2.44. The van der Waals surface area contributed by atoms with Crippen LogP contribution in [-0.4, -0.2) is 28.7 Å². The van der Waals surface area contributed by atoms with Crippen LogP contribution in [0.4, 0.5) is 11.6 Å². The highest BCUT2D eigenvalue weighted by Gasteiger charge is 2.09. The van der Waals surface area contributed by atoms with E-state index in [1.54, 1.807) is 7.11 Å². The number of benzene rings is 1. The van der Waals surface area contributed by atoms with Gasteiger partial charge in [-0.3, -0.25) is 0 Å². The molecule has 0 saturated heterocycles. The molecule has 1 N–H and O–H groups in total. The van der Waals surface area contributed by atoms with Crippen LogP contribution in [-0.2, 0) is 0 Å². The van der Waals surface area contributed by atoms with E-state index < -0.39 is 0 Å². The van der Waals surface area contributed by atoms with E-state index in [9.17, 15) is 0 Å². The van der Waals surface area contributed by atoms with E-state index in [2.05, 4.69) is 36.2 Å². The average molecular weight is 374 g/mol. The molecule has 2 aromatic rings. The van der Waals surface area contributed by atoms with Crippen molar-refractivity contribution >= 4 is 39.2 Å². The summed E-state index contributed by atoms with van der Waals surface area (Å²) in [6.45, 7) is 2.51. The second-order valence-electron chi connectivity index (χ2n) is 4.03. The summed E-state index contributed by atoms with van der Waals surface area (Å²) in [5.74, 6) is 1.01. The molecular weight excluding hydrogens is 360 g/mol. The number of ether oxygens (including phenoxy) is 2. The molecule has 0 saturated carbocycles. The smallest absolute Gasteiger partial charge is 0.322 e. The quantitative estimate of drug-likeness (QED) is 0.830. The summed E-state index contributed by atoms with van der Waals surface area (Å²) in [4.78, 5) is 12.1. The van der Waals surface area contributed by atoms with Gasteiger partial charge >= 0.3 is 6.01 Å². The number of nitrogens with one attached hydrogen (secondary N) is 1. The van der Waals surface area contributed by atoms with Gasteiger partial charge in [-0.05, 0) is 46.1 Å². The maximum absolute atomic E-state index is 5.87. The first-order valence-corrected chi connectivity index (χ1v) is 7.44. The molecule has 112 valence electrons. The summed E-state index contributed by atoms with van der Waals surface area (Å²) in [6.07, 6.45) is 0.855. The Morgan fingerprint density at radius 2 is 2.10 bits per heavy atom. The lowest BCUT2D eigenvalue weighted by atomic mass is 10.3. The van der Waals surface area contributed by atoms with Crippen molar-refractivity contribution in [2.75, 3.05) is 19.0 Å². The van der Waals surface area contributed by atoms with Gasteiger partial charge in [0.25, 0.3) is 0 Å². The van der Waals surface area contributed by atoms with Crippen LogP contribution >= 0.6 is 27.5 Å². The molecule has 0 spiro atoms. The van der Waals surface area contributed by atoms with Gasteiger partial charge in [0.05, 0.1) is 19.4 Å².